The van der Waals surface area contributed by atoms with Gasteiger partial charge in [-0.1, -0.05) is 6.07 Å². The van der Waals surface area contributed by atoms with E-state index in [0.717, 1.165) is 38.3 Å². The largest absolute Gasteiger partial charge is 0.369 e. The predicted molar refractivity (Wildman–Crippen MR) is 88.2 cm³/mol. The minimum atomic E-state index is 0.118. The number of carbonyl (C=O) groups excluding carboxylic acids is 1. The monoisotopic (exact) mass is 295 g/mol. The molecule has 0 amide bonds. The fraction of sp³-hybridized carbons (Fsp3) is 0.333. The van der Waals surface area contributed by atoms with Crippen LogP contribution in [-0.2, 0) is 6.54 Å². The number of hydrogen-bond donors (Lipinski definition) is 0. The second-order valence-electron chi connectivity index (χ2n) is 5.73. The van der Waals surface area contributed by atoms with Gasteiger partial charge in [0.25, 0.3) is 0 Å². The van der Waals surface area contributed by atoms with Gasteiger partial charge in [0.2, 0.25) is 0 Å². The summed E-state index contributed by atoms with van der Waals surface area (Å²) in [7, 11) is 0. The third-order valence-corrected chi connectivity index (χ3v) is 4.14. The minimum absolute atomic E-state index is 0.118. The molecule has 114 valence electrons. The lowest BCUT2D eigenvalue weighted by atomic mass is 10.1. The van der Waals surface area contributed by atoms with Crippen molar-refractivity contribution >= 4 is 11.5 Å². The van der Waals surface area contributed by atoms with Gasteiger partial charge in [0, 0.05) is 56.4 Å². The highest BCUT2D eigenvalue weighted by Gasteiger charge is 2.17. The van der Waals surface area contributed by atoms with Crippen LogP contribution in [0.1, 0.15) is 22.8 Å². The number of rotatable bonds is 4. The number of pyridine rings is 1. The Kier molecular flexibility index (Phi) is 4.49. The zero-order valence-electron chi connectivity index (χ0n) is 12.9. The normalized spacial score (nSPS) is 15.8. The molecule has 2 heterocycles. The molecule has 0 spiro atoms. The van der Waals surface area contributed by atoms with Gasteiger partial charge < -0.3 is 4.90 Å². The molecule has 1 aromatic heterocycles. The SMILES string of the molecule is CC(=O)c1ccc(N2CCN(Cc3cccnc3)CC2)cc1. The number of ketones is 1. The van der Waals surface area contributed by atoms with E-state index in [0.29, 0.717) is 0 Å². The Balaban J connectivity index is 1.56. The van der Waals surface area contributed by atoms with Crippen molar-refractivity contribution in [1.82, 2.24) is 9.88 Å². The molecule has 1 fully saturated rings. The fourth-order valence-corrected chi connectivity index (χ4v) is 2.82. The zero-order valence-corrected chi connectivity index (χ0v) is 12.9. The maximum absolute atomic E-state index is 11.3. The van der Waals surface area contributed by atoms with Gasteiger partial charge in [-0.25, -0.2) is 0 Å². The van der Waals surface area contributed by atoms with Crippen LogP contribution in [0.3, 0.4) is 0 Å². The molecule has 1 aliphatic heterocycles. The van der Waals surface area contributed by atoms with Gasteiger partial charge in [-0.3, -0.25) is 14.7 Å². The molecule has 0 bridgehead atoms. The summed E-state index contributed by atoms with van der Waals surface area (Å²) < 4.78 is 0. The maximum Gasteiger partial charge on any atom is 0.159 e. The van der Waals surface area contributed by atoms with Gasteiger partial charge in [-0.2, -0.15) is 0 Å². The number of carbonyl (C=O) groups is 1. The number of nitrogens with zero attached hydrogens (tertiary/aromatic N) is 3. The lowest BCUT2D eigenvalue weighted by Gasteiger charge is -2.36. The van der Waals surface area contributed by atoms with Crippen molar-refractivity contribution in [3.8, 4) is 0 Å². The van der Waals surface area contributed by atoms with Crippen LogP contribution in [0.4, 0.5) is 5.69 Å². The first kappa shape index (κ1) is 14.7. The lowest BCUT2D eigenvalue weighted by molar-refractivity contribution is 0.101. The predicted octanol–water partition coefficient (Wildman–Crippen LogP) is 2.61. The molecular formula is C18H21N3O. The topological polar surface area (TPSA) is 36.4 Å². The highest BCUT2D eigenvalue weighted by Crippen LogP contribution is 2.18. The summed E-state index contributed by atoms with van der Waals surface area (Å²) in [5, 5.41) is 0. The summed E-state index contributed by atoms with van der Waals surface area (Å²) in [6.07, 6.45) is 3.75. The number of benzene rings is 1. The highest BCUT2D eigenvalue weighted by molar-refractivity contribution is 5.94. The molecule has 0 saturated carbocycles. The van der Waals surface area contributed by atoms with Gasteiger partial charge in [0.15, 0.2) is 5.78 Å². The van der Waals surface area contributed by atoms with Crippen LogP contribution in [-0.4, -0.2) is 41.8 Å². The van der Waals surface area contributed by atoms with E-state index in [1.54, 1.807) is 6.92 Å². The van der Waals surface area contributed by atoms with Crippen molar-refractivity contribution in [2.45, 2.75) is 13.5 Å². The van der Waals surface area contributed by atoms with E-state index in [9.17, 15) is 4.79 Å². The Morgan fingerprint density at radius 1 is 1.09 bits per heavy atom. The average Bonchev–Trinajstić information content (AvgIpc) is 2.57. The summed E-state index contributed by atoms with van der Waals surface area (Å²) in [6.45, 7) is 6.68. The Morgan fingerprint density at radius 2 is 1.82 bits per heavy atom. The van der Waals surface area contributed by atoms with E-state index < -0.39 is 0 Å². The van der Waals surface area contributed by atoms with Crippen LogP contribution in [0.25, 0.3) is 0 Å². The smallest absolute Gasteiger partial charge is 0.159 e. The summed E-state index contributed by atoms with van der Waals surface area (Å²) >= 11 is 0. The van der Waals surface area contributed by atoms with Gasteiger partial charge in [0.05, 0.1) is 0 Å². The first-order valence-corrected chi connectivity index (χ1v) is 7.69. The Morgan fingerprint density at radius 3 is 2.41 bits per heavy atom. The number of piperazine rings is 1. The van der Waals surface area contributed by atoms with Crippen LogP contribution in [0.15, 0.2) is 48.8 Å². The van der Waals surface area contributed by atoms with E-state index in [1.165, 1.54) is 11.3 Å². The quantitative estimate of drug-likeness (QED) is 0.812. The number of Topliss-reactive ketones (excluding diaryl/α,β-unsaturated/α-hetero) is 1. The van der Waals surface area contributed by atoms with Crippen LogP contribution >= 0.6 is 0 Å². The zero-order chi connectivity index (χ0) is 15.4. The van der Waals surface area contributed by atoms with E-state index in [2.05, 4.69) is 20.9 Å². The van der Waals surface area contributed by atoms with Crippen LogP contribution < -0.4 is 4.90 Å². The van der Waals surface area contributed by atoms with Gasteiger partial charge >= 0.3 is 0 Å². The molecule has 1 aliphatic rings. The summed E-state index contributed by atoms with van der Waals surface area (Å²) in [5.41, 5.74) is 3.24. The molecule has 4 heteroatoms. The van der Waals surface area contributed by atoms with E-state index in [4.69, 9.17) is 0 Å². The first-order chi connectivity index (χ1) is 10.7. The van der Waals surface area contributed by atoms with Crippen LogP contribution in [0.2, 0.25) is 0 Å². The highest BCUT2D eigenvalue weighted by atomic mass is 16.1. The Labute approximate surface area is 131 Å². The second kappa shape index (κ2) is 6.71. The molecule has 22 heavy (non-hydrogen) atoms. The van der Waals surface area contributed by atoms with Crippen molar-refractivity contribution in [2.75, 3.05) is 31.1 Å². The van der Waals surface area contributed by atoms with E-state index >= 15 is 0 Å². The standard InChI is InChI=1S/C18H21N3O/c1-15(22)17-4-6-18(7-5-17)21-11-9-20(10-12-21)14-16-3-2-8-19-13-16/h2-8,13H,9-12,14H2,1H3. The van der Waals surface area contributed by atoms with Crippen LogP contribution in [0.5, 0.6) is 0 Å². The summed E-state index contributed by atoms with van der Waals surface area (Å²) in [4.78, 5) is 20.3. The van der Waals surface area contributed by atoms with Crippen molar-refractivity contribution in [3.63, 3.8) is 0 Å². The minimum Gasteiger partial charge on any atom is -0.369 e. The number of anilines is 1. The second-order valence-corrected chi connectivity index (χ2v) is 5.73. The van der Waals surface area contributed by atoms with E-state index in [-0.39, 0.29) is 5.78 Å². The third-order valence-electron chi connectivity index (χ3n) is 4.14. The molecular weight excluding hydrogens is 274 g/mol. The van der Waals surface area contributed by atoms with Crippen molar-refractivity contribution in [3.05, 3.63) is 59.9 Å². The molecule has 0 N–H and O–H groups in total. The fourth-order valence-electron chi connectivity index (χ4n) is 2.82. The average molecular weight is 295 g/mol. The van der Waals surface area contributed by atoms with Gasteiger partial charge in [-0.15, -0.1) is 0 Å². The summed E-state index contributed by atoms with van der Waals surface area (Å²) in [6, 6.07) is 12.0. The van der Waals surface area contributed by atoms with E-state index in [1.807, 2.05) is 42.7 Å². The lowest BCUT2D eigenvalue weighted by Crippen LogP contribution is -2.45. The van der Waals surface area contributed by atoms with Gasteiger partial charge in [-0.05, 0) is 42.8 Å². The van der Waals surface area contributed by atoms with Crippen molar-refractivity contribution < 1.29 is 4.79 Å². The van der Waals surface area contributed by atoms with Gasteiger partial charge in [0.1, 0.15) is 0 Å². The number of aromatic nitrogens is 1. The van der Waals surface area contributed by atoms with Crippen molar-refractivity contribution in [1.29, 1.82) is 0 Å². The molecule has 1 saturated heterocycles. The number of hydrogen-bond acceptors (Lipinski definition) is 4. The molecule has 0 radical (unpaired) electrons. The molecule has 0 unspecified atom stereocenters. The third kappa shape index (κ3) is 3.52. The molecule has 0 aliphatic carbocycles. The molecule has 4 nitrogen and oxygen atoms in total. The summed E-state index contributed by atoms with van der Waals surface area (Å²) in [5.74, 6) is 0.118. The molecule has 1 aromatic carbocycles. The Hall–Kier alpha value is -2.20. The van der Waals surface area contributed by atoms with Crippen LogP contribution in [0, 0.1) is 0 Å². The first-order valence-electron chi connectivity index (χ1n) is 7.69. The van der Waals surface area contributed by atoms with Crippen molar-refractivity contribution in [2.24, 2.45) is 0 Å². The molecule has 0 atom stereocenters. The molecule has 3 rings (SSSR count). The molecule has 2 aromatic rings. The Bertz CT molecular complexity index is 617. The maximum atomic E-state index is 11.3.